The van der Waals surface area contributed by atoms with Crippen molar-refractivity contribution < 1.29 is 101 Å². The number of β-amino-alcohol motifs (C(OH)–C–C–N with tert-alkyl or cyclic N) is 1. The van der Waals surface area contributed by atoms with Crippen LogP contribution in [-0.4, -0.2) is 218 Å². The Morgan fingerprint density at radius 3 is 1.09 bits per heavy atom. The summed E-state index contributed by atoms with van der Waals surface area (Å²) in [4.78, 5) is 107. The third kappa shape index (κ3) is 97.2. The summed E-state index contributed by atoms with van der Waals surface area (Å²) >= 11 is 0. The number of hydrogen-bond acceptors (Lipinski definition) is 23. The number of carbonyl (C=O) groups excluding carboxylic acids is 7. The van der Waals surface area contributed by atoms with Gasteiger partial charge in [-0.2, -0.15) is 0 Å². The average Bonchev–Trinajstić information content (AvgIpc) is 0.808. The van der Waals surface area contributed by atoms with Crippen LogP contribution < -0.4 is 22.1 Å². The van der Waals surface area contributed by atoms with E-state index in [4.69, 9.17) is 54.8 Å². The van der Waals surface area contributed by atoms with Crippen molar-refractivity contribution >= 4 is 53.8 Å². The minimum absolute atomic E-state index is 0.0100. The van der Waals surface area contributed by atoms with Crippen molar-refractivity contribution in [1.29, 1.82) is 0 Å². The Labute approximate surface area is 873 Å². The number of aliphatic carboxylic acids is 2. The molecule has 0 aromatic heterocycles. The van der Waals surface area contributed by atoms with Crippen LogP contribution in [0.3, 0.4) is 0 Å². The first kappa shape index (κ1) is 145. The van der Waals surface area contributed by atoms with E-state index in [1.165, 1.54) is 12.8 Å². The molecule has 0 radical (unpaired) electrons. The fraction of sp³-hybridized carbons (Fsp3) is 0.752. The van der Waals surface area contributed by atoms with Crippen LogP contribution >= 0.6 is 0 Å². The largest absolute Gasteiger partial charge is 0.481 e. The first-order chi connectivity index (χ1) is 64.0. The Bertz CT molecular complexity index is 4630. The van der Waals surface area contributed by atoms with Crippen molar-refractivity contribution in [3.05, 3.63) is 12.2 Å². The summed E-state index contributed by atoms with van der Waals surface area (Å²) in [7, 11) is 1.98. The van der Waals surface area contributed by atoms with Crippen LogP contribution in [0.25, 0.3) is 0 Å². The van der Waals surface area contributed by atoms with E-state index in [2.05, 4.69) is 221 Å². The van der Waals surface area contributed by atoms with Crippen molar-refractivity contribution in [2.24, 2.45) is 87.3 Å². The summed E-state index contributed by atoms with van der Waals surface area (Å²) in [6.07, 6.45) is -1.39. The third-order valence-corrected chi connectivity index (χ3v) is 16.7. The maximum absolute atomic E-state index is 13.2. The first-order valence-corrected chi connectivity index (χ1v) is 49.6. The van der Waals surface area contributed by atoms with E-state index in [-0.39, 0.29) is 110 Å². The molecule has 3 aliphatic heterocycles. The van der Waals surface area contributed by atoms with Crippen LogP contribution in [0.15, 0.2) is 12.2 Å². The predicted molar refractivity (Wildman–Crippen MR) is 579 cm³/mol. The number of halogens is 1. The molecule has 3 rings (SSSR count). The van der Waals surface area contributed by atoms with E-state index < -0.39 is 105 Å². The molecule has 0 bridgehead atoms. The van der Waals surface area contributed by atoms with Gasteiger partial charge in [-0.1, -0.05) is 126 Å². The highest BCUT2D eigenvalue weighted by Gasteiger charge is 2.42. The van der Waals surface area contributed by atoms with Crippen molar-refractivity contribution in [3.63, 3.8) is 0 Å². The Morgan fingerprint density at radius 1 is 0.458 bits per heavy atom. The van der Waals surface area contributed by atoms with Crippen molar-refractivity contribution in [3.8, 4) is 107 Å². The number of likely N-dealkylation sites (tertiary alicyclic amines) is 1. The lowest BCUT2D eigenvalue weighted by Gasteiger charge is -2.40. The van der Waals surface area contributed by atoms with Gasteiger partial charge in [0.25, 0.3) is 0 Å². The summed E-state index contributed by atoms with van der Waals surface area (Å²) in [5, 5.41) is 32.6. The molecule has 4 atom stereocenters. The van der Waals surface area contributed by atoms with Gasteiger partial charge in [0.15, 0.2) is 11.3 Å². The van der Waals surface area contributed by atoms with Crippen LogP contribution in [0.5, 0.6) is 0 Å². The van der Waals surface area contributed by atoms with Gasteiger partial charge in [0.1, 0.15) is 44.1 Å². The number of amides is 1. The zero-order chi connectivity index (χ0) is 115. The highest BCUT2D eigenvalue weighted by atomic mass is 19.1. The molecule has 3 saturated heterocycles. The summed E-state index contributed by atoms with van der Waals surface area (Å²) in [6.45, 7) is 102. The van der Waals surface area contributed by atoms with Crippen LogP contribution in [0.1, 0.15) is 358 Å². The number of alkyl carbamates (subject to hydrolysis) is 1. The van der Waals surface area contributed by atoms with Crippen LogP contribution in [0, 0.1) is 182 Å². The quantitative estimate of drug-likeness (QED) is 0.0268. The number of morpholine rings is 1. The van der Waals surface area contributed by atoms with Crippen LogP contribution in [0.2, 0.25) is 0 Å². The van der Waals surface area contributed by atoms with Gasteiger partial charge in [-0.25, -0.2) is 23.6 Å². The fourth-order valence-corrected chi connectivity index (χ4v) is 9.34. The molecule has 3 heterocycles. The number of ether oxygens (including phenoxy) is 8. The summed E-state index contributed by atoms with van der Waals surface area (Å²) in [5.74, 6) is 48.3. The molecule has 3 fully saturated rings. The number of allylic oxidation sites excluding steroid dienone is 1. The minimum atomic E-state index is -2.01. The Morgan fingerprint density at radius 2 is 0.792 bits per heavy atom. The zero-order valence-electron chi connectivity index (χ0n) is 98.5. The number of esters is 6. The Hall–Kier alpha value is -9.54. The number of hydrogen-bond donors (Lipinski definition) is 7. The SMILES string of the molecule is C=C(C#CC(C)(C)C)CCCC.CC(=O)O[C@@H](C(=O)O)[C@@H](OC(C)=O)C(=O)OCC(C)(C)C#CC(C)(C)C.CC(C)(C)C#CC(C)(C)CN1CCOCC1.CC(C)(C)C#CC(C)(C)COC(=O)CCC(=O)O.CC(C)(C)C#CC(C)(C)N.CC(C)(C)C#CC1(F)CNC1.CN1CC(O)(C#CC(C)(C)C)C1.C[C@H](N)C(=O)OCC(C)(C)C#CC(C)(C)C.C[C@H](NC(=O)OC(C)(C)C)C(=O)OCC(C)(C)C#CC(C)(C)C. The Balaban J connectivity index is -0.000000378. The number of carboxylic acid groups (broad SMARTS) is 2. The lowest BCUT2D eigenvalue weighted by Crippen LogP contribution is -2.59. The van der Waals surface area contributed by atoms with E-state index in [1.807, 2.05) is 187 Å². The highest BCUT2D eigenvalue weighted by Crippen LogP contribution is 2.27. The first-order valence-electron chi connectivity index (χ1n) is 49.6. The predicted octanol–water partition coefficient (Wildman–Crippen LogP) is 19.5. The number of nitrogens with one attached hydrogen (secondary N) is 2. The molecule has 0 aromatic rings. The van der Waals surface area contributed by atoms with Gasteiger partial charge in [0.2, 0.25) is 12.2 Å². The molecule has 1 amide bonds. The normalized spacial score (nSPS) is 14.9. The molecule has 820 valence electrons. The fourth-order valence-electron chi connectivity index (χ4n) is 9.34. The topological polar surface area (TPSA) is 371 Å². The summed E-state index contributed by atoms with van der Waals surface area (Å²) < 4.78 is 53.3. The van der Waals surface area contributed by atoms with Gasteiger partial charge >= 0.3 is 53.8 Å². The van der Waals surface area contributed by atoms with Gasteiger partial charge in [-0.3, -0.25) is 33.8 Å². The molecule has 26 nitrogen and oxygen atoms in total. The number of alkyl halides is 1. The number of carboxylic acids is 2. The number of unbranched alkanes of at least 4 members (excludes halogenated alkanes) is 1. The number of nitrogens with two attached hydrogens (primary N) is 2. The number of rotatable bonds is 24. The summed E-state index contributed by atoms with van der Waals surface area (Å²) in [5.41, 5.74) is 7.04. The van der Waals surface area contributed by atoms with E-state index in [0.29, 0.717) is 26.2 Å². The number of likely N-dealkylation sites (N-methyl/N-ethyl adjacent to an activating group) is 1. The second-order valence-electron chi connectivity index (χ2n) is 50.9. The van der Waals surface area contributed by atoms with Crippen molar-refractivity contribution in [1.82, 2.24) is 20.4 Å². The van der Waals surface area contributed by atoms with Gasteiger partial charge in [0, 0.05) is 114 Å². The standard InChI is InChI=1S/C18H31NO4.C18H26O8.C14H25NO.C14H22O4.C13H23NO2.C12H20.C10H17NO.C9H14FN.C9H17N/c1-13(19-15(21)23-17(5,6)7)14(20)22-12-18(8,9)11-10-16(2,3)4;1-11(19)25-13(15(21)22)14(26-12(2)20)16(23)24-10-18(6,7)9-8-17(3,4)5;1-13(2,3)6-7-14(4,5)12-15-8-10-16-11-9-15;1-13(2,3)8-9-14(4,5)10-18-12(17)7-6-11(15)16;1-10(14)11(15)16-9-13(5,6)8-7-12(2,3)4;1-6-7-8-11(2)9-10-12(3,4)5;1-9(2,3)5-6-10(12)7-11(4)8-10;1-8(2,3)4-5-9(10)6-11-7-9;1-8(2,3)6-7-9(4,5)10/h13H,12H2,1-9H3,(H,19,21);13-14H,10H2,1-7H3,(H,21,22);8-12H2,1-5H3;6-7,10H2,1-5H3,(H,15,16);10H,9,14H2,1-6H3;2,6-8H2,1,3-5H3;12H,7-8H2,1-4H3;11H,6-7H2,1-3H3;10H2,1-5H3/t13-;13-,14-;;;10-;;;;/m01..0..../s1. The van der Waals surface area contributed by atoms with E-state index in [0.717, 1.165) is 58.7 Å². The van der Waals surface area contributed by atoms with Crippen molar-refractivity contribution in [2.45, 2.75) is 404 Å². The molecule has 27 heteroatoms. The molecule has 0 aliphatic carbocycles. The van der Waals surface area contributed by atoms with Crippen LogP contribution in [0.4, 0.5) is 9.18 Å². The number of aliphatic hydroxyl groups is 1. The van der Waals surface area contributed by atoms with Gasteiger partial charge in [0.05, 0.1) is 53.3 Å². The summed E-state index contributed by atoms with van der Waals surface area (Å²) in [6, 6.07) is -1.36. The molecule has 144 heavy (non-hydrogen) atoms. The van der Waals surface area contributed by atoms with E-state index >= 15 is 0 Å². The van der Waals surface area contributed by atoms with Gasteiger partial charge < -0.3 is 75.3 Å². The Kier molecular flexibility index (Phi) is 63.7. The van der Waals surface area contributed by atoms with E-state index in [9.17, 15) is 52.6 Å². The molecule has 3 aliphatic rings. The molecule has 0 aromatic carbocycles. The zero-order valence-corrected chi connectivity index (χ0v) is 98.5. The maximum Gasteiger partial charge on any atom is 0.408 e. The second-order valence-corrected chi connectivity index (χ2v) is 50.9. The smallest absolute Gasteiger partial charge is 0.408 e. The second kappa shape index (κ2) is 63.2. The molecule has 0 spiro atoms. The molecule has 0 saturated carbocycles. The number of carbonyl (C=O) groups is 9. The molecule has 0 unspecified atom stereocenters. The number of nitrogens with zero attached hydrogens (tertiary/aromatic N) is 2. The van der Waals surface area contributed by atoms with E-state index in [1.54, 1.807) is 48.5 Å². The lowest BCUT2D eigenvalue weighted by molar-refractivity contribution is -0.189. The minimum Gasteiger partial charge on any atom is -0.481 e. The van der Waals surface area contributed by atoms with Crippen LogP contribution in [-0.2, 0) is 76.3 Å². The third-order valence-electron chi connectivity index (χ3n) is 16.7. The molecule has 9 N–H and O–H groups in total. The van der Waals surface area contributed by atoms with Gasteiger partial charge in [-0.15, -0.1) is 0 Å². The maximum atomic E-state index is 13.2. The molecular weight excluding hydrogens is 1830 g/mol. The lowest BCUT2D eigenvalue weighted by atomic mass is 9.89. The van der Waals surface area contributed by atoms with Gasteiger partial charge in [-0.05, 0) is 330 Å². The molecular formula is C117H195FN6O20. The van der Waals surface area contributed by atoms with Crippen molar-refractivity contribution in [2.75, 3.05) is 92.5 Å². The monoisotopic (exact) mass is 2020 g/mol. The highest BCUT2D eigenvalue weighted by molar-refractivity contribution is 5.88. The average molecular weight is 2020 g/mol.